The van der Waals surface area contributed by atoms with Crippen molar-refractivity contribution in [1.29, 1.82) is 0 Å². The summed E-state index contributed by atoms with van der Waals surface area (Å²) in [6, 6.07) is 12.5. The molecule has 0 saturated carbocycles. The van der Waals surface area contributed by atoms with Crippen LogP contribution in [0, 0.1) is 0 Å². The minimum absolute atomic E-state index is 0.0945. The molecular weight excluding hydrogens is 363 g/mol. The van der Waals surface area contributed by atoms with Crippen LogP contribution >= 0.6 is 11.3 Å². The fourth-order valence-corrected chi connectivity index (χ4v) is 3.42. The van der Waals surface area contributed by atoms with Gasteiger partial charge >= 0.3 is 6.18 Å². The van der Waals surface area contributed by atoms with Crippen molar-refractivity contribution in [3.05, 3.63) is 59.1 Å². The van der Waals surface area contributed by atoms with Gasteiger partial charge in [0.25, 0.3) is 0 Å². The quantitative estimate of drug-likeness (QED) is 0.715. The van der Waals surface area contributed by atoms with E-state index in [0.29, 0.717) is 6.54 Å². The van der Waals surface area contributed by atoms with E-state index >= 15 is 0 Å². The number of nitrogens with one attached hydrogen (secondary N) is 1. The van der Waals surface area contributed by atoms with Crippen molar-refractivity contribution in [2.45, 2.75) is 12.7 Å². The van der Waals surface area contributed by atoms with Gasteiger partial charge < -0.3 is 10.2 Å². The highest BCUT2D eigenvalue weighted by Gasteiger charge is 2.30. The lowest BCUT2D eigenvalue weighted by Gasteiger charge is -2.17. The molecule has 1 aromatic heterocycles. The van der Waals surface area contributed by atoms with Gasteiger partial charge in [-0.1, -0.05) is 18.2 Å². The second kappa shape index (κ2) is 7.33. The zero-order chi connectivity index (χ0) is 18.7. The molecule has 3 rings (SSSR count). The maximum Gasteiger partial charge on any atom is 0.416 e. The third-order valence-corrected chi connectivity index (χ3v) is 4.79. The highest BCUT2D eigenvalue weighted by molar-refractivity contribution is 7.18. The normalized spacial score (nSPS) is 11.5. The molecule has 136 valence electrons. The van der Waals surface area contributed by atoms with E-state index in [1.807, 2.05) is 24.3 Å². The number of nitrogens with zero attached hydrogens (tertiary/aromatic N) is 2. The highest BCUT2D eigenvalue weighted by atomic mass is 32.1. The van der Waals surface area contributed by atoms with Gasteiger partial charge in [0, 0.05) is 12.7 Å². The first-order chi connectivity index (χ1) is 12.3. The summed E-state index contributed by atoms with van der Waals surface area (Å²) >= 11 is 1.51. The van der Waals surface area contributed by atoms with E-state index in [9.17, 15) is 18.0 Å². The SMILES string of the molecule is CN(Cc1nc2ccccc2s1)C(=O)CNc1cccc(C(F)(F)F)c1. The van der Waals surface area contributed by atoms with E-state index in [4.69, 9.17) is 0 Å². The Labute approximate surface area is 152 Å². The Kier molecular flexibility index (Phi) is 5.13. The van der Waals surface area contributed by atoms with Gasteiger partial charge in [-0.25, -0.2) is 4.98 Å². The summed E-state index contributed by atoms with van der Waals surface area (Å²) in [5.41, 5.74) is 0.384. The van der Waals surface area contributed by atoms with E-state index < -0.39 is 11.7 Å². The predicted octanol–water partition coefficient (Wildman–Crippen LogP) is 4.39. The number of halogens is 3. The van der Waals surface area contributed by atoms with Gasteiger partial charge in [-0.3, -0.25) is 4.79 Å². The molecule has 0 radical (unpaired) electrons. The average Bonchev–Trinajstić information content (AvgIpc) is 3.01. The Hall–Kier alpha value is -2.61. The molecule has 0 aliphatic rings. The van der Waals surface area contributed by atoms with E-state index in [1.165, 1.54) is 28.4 Å². The first-order valence-corrected chi connectivity index (χ1v) is 8.64. The lowest BCUT2D eigenvalue weighted by molar-refractivity contribution is -0.137. The van der Waals surface area contributed by atoms with Crippen molar-refractivity contribution in [2.24, 2.45) is 0 Å². The van der Waals surface area contributed by atoms with Gasteiger partial charge in [-0.05, 0) is 30.3 Å². The summed E-state index contributed by atoms with van der Waals surface area (Å²) in [5, 5.41) is 3.55. The molecular formula is C18H16F3N3OS. The Bertz CT molecular complexity index is 890. The van der Waals surface area contributed by atoms with Gasteiger partial charge in [0.1, 0.15) is 5.01 Å². The molecule has 0 atom stereocenters. The first kappa shape index (κ1) is 18.2. The summed E-state index contributed by atoms with van der Waals surface area (Å²) in [7, 11) is 1.64. The van der Waals surface area contributed by atoms with Gasteiger partial charge in [-0.15, -0.1) is 11.3 Å². The Balaban J connectivity index is 1.59. The van der Waals surface area contributed by atoms with Crippen molar-refractivity contribution < 1.29 is 18.0 Å². The van der Waals surface area contributed by atoms with E-state index in [0.717, 1.165) is 27.4 Å². The number of hydrogen-bond donors (Lipinski definition) is 1. The number of anilines is 1. The lowest BCUT2D eigenvalue weighted by atomic mass is 10.2. The molecule has 26 heavy (non-hydrogen) atoms. The molecule has 2 aromatic carbocycles. The van der Waals surface area contributed by atoms with Crippen LogP contribution in [-0.2, 0) is 17.5 Å². The highest BCUT2D eigenvalue weighted by Crippen LogP contribution is 2.30. The topological polar surface area (TPSA) is 45.2 Å². The molecule has 8 heteroatoms. The number of rotatable bonds is 5. The molecule has 0 bridgehead atoms. The summed E-state index contributed by atoms with van der Waals surface area (Å²) in [4.78, 5) is 18.2. The van der Waals surface area contributed by atoms with Crippen molar-refractivity contribution in [3.63, 3.8) is 0 Å². The summed E-state index contributed by atoms with van der Waals surface area (Å²) in [6.07, 6.45) is -4.41. The number of amides is 1. The summed E-state index contributed by atoms with van der Waals surface area (Å²) in [6.45, 7) is 0.255. The Morgan fingerprint density at radius 1 is 1.19 bits per heavy atom. The standard InChI is InChI=1S/C18H16F3N3OS/c1-24(11-16-23-14-7-2-3-8-15(14)26-16)17(25)10-22-13-6-4-5-12(9-13)18(19,20)21/h2-9,22H,10-11H2,1H3. The zero-order valence-corrected chi connectivity index (χ0v) is 14.7. The van der Waals surface area contributed by atoms with E-state index in [2.05, 4.69) is 10.3 Å². The predicted molar refractivity (Wildman–Crippen MR) is 96.0 cm³/mol. The van der Waals surface area contributed by atoms with Crippen LogP contribution in [0.2, 0.25) is 0 Å². The second-order valence-corrected chi connectivity index (χ2v) is 6.87. The number of aromatic nitrogens is 1. The zero-order valence-electron chi connectivity index (χ0n) is 13.9. The van der Waals surface area contributed by atoms with Crippen molar-refractivity contribution >= 4 is 33.1 Å². The number of alkyl halides is 3. The van der Waals surface area contributed by atoms with Crippen molar-refractivity contribution in [2.75, 3.05) is 18.9 Å². The molecule has 0 aliphatic carbocycles. The first-order valence-electron chi connectivity index (χ1n) is 7.82. The van der Waals surface area contributed by atoms with E-state index in [-0.39, 0.29) is 18.1 Å². The number of fused-ring (bicyclic) bond motifs is 1. The smallest absolute Gasteiger partial charge is 0.376 e. The average molecular weight is 379 g/mol. The fraction of sp³-hybridized carbons (Fsp3) is 0.222. The van der Waals surface area contributed by atoms with E-state index in [1.54, 1.807) is 7.05 Å². The molecule has 0 saturated heterocycles. The third kappa shape index (κ3) is 4.32. The van der Waals surface area contributed by atoms with Gasteiger partial charge in [0.2, 0.25) is 5.91 Å². The molecule has 1 heterocycles. The number of para-hydroxylation sites is 1. The van der Waals surface area contributed by atoms with Crippen LogP contribution in [0.3, 0.4) is 0 Å². The molecule has 4 nitrogen and oxygen atoms in total. The monoisotopic (exact) mass is 379 g/mol. The van der Waals surface area contributed by atoms with Crippen LogP contribution in [0.5, 0.6) is 0 Å². The van der Waals surface area contributed by atoms with Crippen LogP contribution in [0.4, 0.5) is 18.9 Å². The lowest BCUT2D eigenvalue weighted by Crippen LogP contribution is -2.31. The van der Waals surface area contributed by atoms with Crippen LogP contribution < -0.4 is 5.32 Å². The third-order valence-electron chi connectivity index (χ3n) is 3.77. The Morgan fingerprint density at radius 2 is 1.96 bits per heavy atom. The van der Waals surface area contributed by atoms with Crippen molar-refractivity contribution in [1.82, 2.24) is 9.88 Å². The Morgan fingerprint density at radius 3 is 2.69 bits per heavy atom. The van der Waals surface area contributed by atoms with Crippen LogP contribution in [0.1, 0.15) is 10.6 Å². The summed E-state index contributed by atoms with van der Waals surface area (Å²) < 4.78 is 39.2. The number of hydrogen-bond acceptors (Lipinski definition) is 4. The number of benzene rings is 2. The van der Waals surface area contributed by atoms with Gasteiger partial charge in [0.15, 0.2) is 0 Å². The number of thiazole rings is 1. The van der Waals surface area contributed by atoms with Crippen LogP contribution in [0.25, 0.3) is 10.2 Å². The number of carbonyl (C=O) groups excluding carboxylic acids is 1. The fourth-order valence-electron chi connectivity index (χ4n) is 2.40. The molecule has 0 aliphatic heterocycles. The minimum atomic E-state index is -4.41. The molecule has 0 fully saturated rings. The van der Waals surface area contributed by atoms with Gasteiger partial charge in [0.05, 0.1) is 28.9 Å². The number of carbonyl (C=O) groups is 1. The maximum absolute atomic E-state index is 12.7. The van der Waals surface area contributed by atoms with Crippen molar-refractivity contribution in [3.8, 4) is 0 Å². The molecule has 1 amide bonds. The van der Waals surface area contributed by atoms with Crippen LogP contribution in [0.15, 0.2) is 48.5 Å². The molecule has 0 unspecified atom stereocenters. The second-order valence-electron chi connectivity index (χ2n) is 5.76. The minimum Gasteiger partial charge on any atom is -0.376 e. The molecule has 0 spiro atoms. The van der Waals surface area contributed by atoms with Gasteiger partial charge in [-0.2, -0.15) is 13.2 Å². The summed E-state index contributed by atoms with van der Waals surface area (Å²) in [5.74, 6) is -0.235. The molecule has 1 N–H and O–H groups in total. The van der Waals surface area contributed by atoms with Crippen LogP contribution in [-0.4, -0.2) is 29.4 Å². The molecule has 3 aromatic rings. The number of likely N-dealkylation sites (N-methyl/N-ethyl adjacent to an activating group) is 1. The largest absolute Gasteiger partial charge is 0.416 e. The maximum atomic E-state index is 12.7.